The number of nitrogens with zero attached hydrogens (tertiary/aromatic N) is 1. The zero-order valence-corrected chi connectivity index (χ0v) is 7.24. The van der Waals surface area contributed by atoms with Crippen LogP contribution in [0, 0.1) is 15.9 Å². The Morgan fingerprint density at radius 3 is 2.79 bits per heavy atom. The van der Waals surface area contributed by atoms with Crippen molar-refractivity contribution in [2.45, 2.75) is 0 Å². The number of hydrogen-bond acceptors (Lipinski definition) is 4. The van der Waals surface area contributed by atoms with Crippen molar-refractivity contribution in [2.75, 3.05) is 18.5 Å². The molecule has 0 saturated heterocycles. The van der Waals surface area contributed by atoms with Gasteiger partial charge in [0.2, 0.25) is 0 Å². The van der Waals surface area contributed by atoms with Gasteiger partial charge in [-0.2, -0.15) is 0 Å². The molecule has 1 aromatic rings. The smallest absolute Gasteiger partial charge is 0.272 e. The van der Waals surface area contributed by atoms with Gasteiger partial charge in [0, 0.05) is 12.6 Å². The summed E-state index contributed by atoms with van der Waals surface area (Å²) in [7, 11) is 0. The molecule has 1 rings (SSSR count). The number of non-ortho nitro benzene ring substituents is 1. The fourth-order valence-corrected chi connectivity index (χ4v) is 0.952. The molecule has 0 unspecified atom stereocenters. The first kappa shape index (κ1) is 10.4. The van der Waals surface area contributed by atoms with Gasteiger partial charge in [-0.25, -0.2) is 4.39 Å². The second kappa shape index (κ2) is 4.52. The molecule has 1 aromatic carbocycles. The zero-order chi connectivity index (χ0) is 10.6. The lowest BCUT2D eigenvalue weighted by molar-refractivity contribution is -0.385. The molecule has 0 heterocycles. The molecule has 0 aliphatic heterocycles. The maximum absolute atomic E-state index is 13.1. The number of rotatable bonds is 4. The van der Waals surface area contributed by atoms with Crippen LogP contribution in [0.4, 0.5) is 15.8 Å². The van der Waals surface area contributed by atoms with Crippen LogP contribution in [-0.4, -0.2) is 23.2 Å². The first-order valence-electron chi connectivity index (χ1n) is 3.94. The fraction of sp³-hybridized carbons (Fsp3) is 0.250. The fourth-order valence-electron chi connectivity index (χ4n) is 0.952. The van der Waals surface area contributed by atoms with Crippen LogP contribution in [0.5, 0.6) is 0 Å². The number of aliphatic hydroxyl groups is 1. The van der Waals surface area contributed by atoms with E-state index in [1.165, 1.54) is 12.1 Å². The molecule has 2 N–H and O–H groups in total. The van der Waals surface area contributed by atoms with Crippen molar-refractivity contribution in [3.63, 3.8) is 0 Å². The summed E-state index contributed by atoms with van der Waals surface area (Å²) in [6.07, 6.45) is 0. The molecule has 0 aliphatic rings. The summed E-state index contributed by atoms with van der Waals surface area (Å²) in [5, 5.41) is 21.3. The minimum atomic E-state index is -0.701. The quantitative estimate of drug-likeness (QED) is 0.564. The highest BCUT2D eigenvalue weighted by atomic mass is 19.1. The van der Waals surface area contributed by atoms with Crippen LogP contribution in [0.25, 0.3) is 0 Å². The summed E-state index contributed by atoms with van der Waals surface area (Å²) in [5.74, 6) is -0.701. The van der Waals surface area contributed by atoms with Crippen molar-refractivity contribution in [3.05, 3.63) is 34.1 Å². The van der Waals surface area contributed by atoms with Gasteiger partial charge in [-0.05, 0) is 6.07 Å². The van der Waals surface area contributed by atoms with Gasteiger partial charge >= 0.3 is 0 Å². The normalized spacial score (nSPS) is 9.86. The van der Waals surface area contributed by atoms with Crippen LogP contribution in [0.2, 0.25) is 0 Å². The van der Waals surface area contributed by atoms with Gasteiger partial charge in [0.05, 0.1) is 23.3 Å². The molecule has 0 amide bonds. The molecule has 5 nitrogen and oxygen atoms in total. The van der Waals surface area contributed by atoms with Gasteiger partial charge in [-0.3, -0.25) is 10.1 Å². The third-order valence-electron chi connectivity index (χ3n) is 1.59. The summed E-state index contributed by atoms with van der Waals surface area (Å²) in [6.45, 7) is 0.0746. The number of nitro benzene ring substituents is 1. The van der Waals surface area contributed by atoms with Gasteiger partial charge < -0.3 is 10.4 Å². The third-order valence-corrected chi connectivity index (χ3v) is 1.59. The first-order valence-corrected chi connectivity index (χ1v) is 3.94. The summed E-state index contributed by atoms with van der Waals surface area (Å²) in [6, 6.07) is 3.30. The van der Waals surface area contributed by atoms with E-state index in [-0.39, 0.29) is 24.5 Å². The Morgan fingerprint density at radius 1 is 1.57 bits per heavy atom. The molecule has 0 spiro atoms. The van der Waals surface area contributed by atoms with E-state index < -0.39 is 10.7 Å². The van der Waals surface area contributed by atoms with Gasteiger partial charge in [0.1, 0.15) is 0 Å². The van der Waals surface area contributed by atoms with Crippen molar-refractivity contribution in [2.24, 2.45) is 0 Å². The number of nitro groups is 1. The Kier molecular flexibility index (Phi) is 3.35. The number of anilines is 1. The number of halogens is 1. The van der Waals surface area contributed by atoms with Crippen LogP contribution in [-0.2, 0) is 0 Å². The summed E-state index contributed by atoms with van der Waals surface area (Å²) >= 11 is 0. The minimum Gasteiger partial charge on any atom is -0.395 e. The maximum atomic E-state index is 13.1. The van der Waals surface area contributed by atoms with E-state index in [2.05, 4.69) is 5.32 Å². The molecule has 6 heteroatoms. The van der Waals surface area contributed by atoms with Gasteiger partial charge in [-0.1, -0.05) is 0 Å². The molecular formula is C8H9FN2O3. The Hall–Kier alpha value is -1.69. The van der Waals surface area contributed by atoms with E-state index >= 15 is 0 Å². The maximum Gasteiger partial charge on any atom is 0.272 e. The summed E-state index contributed by atoms with van der Waals surface area (Å²) in [4.78, 5) is 9.59. The van der Waals surface area contributed by atoms with Crippen LogP contribution in [0.3, 0.4) is 0 Å². The Balaban J connectivity index is 2.84. The topological polar surface area (TPSA) is 75.4 Å². The molecule has 14 heavy (non-hydrogen) atoms. The SMILES string of the molecule is O=[N+]([O-])c1ccc(NCCO)c(F)c1. The molecule has 76 valence electrons. The number of benzene rings is 1. The molecular weight excluding hydrogens is 191 g/mol. The average Bonchev–Trinajstić information content (AvgIpc) is 2.15. The Labute approximate surface area is 79.3 Å². The summed E-state index contributed by atoms with van der Waals surface area (Å²) < 4.78 is 13.1. The molecule has 0 bridgehead atoms. The van der Waals surface area contributed by atoms with Crippen molar-refractivity contribution < 1.29 is 14.4 Å². The predicted molar refractivity (Wildman–Crippen MR) is 48.6 cm³/mol. The minimum absolute atomic E-state index is 0.129. The number of nitrogens with one attached hydrogen (secondary N) is 1. The van der Waals surface area contributed by atoms with E-state index in [0.717, 1.165) is 6.07 Å². The summed E-state index contributed by atoms with van der Waals surface area (Å²) in [5.41, 5.74) is -0.151. The molecule has 0 saturated carbocycles. The van der Waals surface area contributed by atoms with Crippen molar-refractivity contribution in [1.82, 2.24) is 0 Å². The highest BCUT2D eigenvalue weighted by Gasteiger charge is 2.09. The largest absolute Gasteiger partial charge is 0.395 e. The second-order valence-electron chi connectivity index (χ2n) is 2.57. The predicted octanol–water partition coefficient (Wildman–Crippen LogP) is 1.14. The lowest BCUT2D eigenvalue weighted by atomic mass is 10.2. The number of hydrogen-bond donors (Lipinski definition) is 2. The highest BCUT2D eigenvalue weighted by molar-refractivity contribution is 5.49. The second-order valence-corrected chi connectivity index (χ2v) is 2.57. The number of aliphatic hydroxyl groups excluding tert-OH is 1. The molecule has 0 aliphatic carbocycles. The van der Waals surface area contributed by atoms with Crippen molar-refractivity contribution in [1.29, 1.82) is 0 Å². The van der Waals surface area contributed by atoms with Crippen molar-refractivity contribution >= 4 is 11.4 Å². The molecule has 0 aromatic heterocycles. The van der Waals surface area contributed by atoms with E-state index in [0.29, 0.717) is 0 Å². The molecule has 0 radical (unpaired) electrons. The van der Waals surface area contributed by atoms with Gasteiger partial charge in [-0.15, -0.1) is 0 Å². The monoisotopic (exact) mass is 200 g/mol. The highest BCUT2D eigenvalue weighted by Crippen LogP contribution is 2.19. The van der Waals surface area contributed by atoms with E-state index in [9.17, 15) is 14.5 Å². The van der Waals surface area contributed by atoms with E-state index in [1.807, 2.05) is 0 Å². The van der Waals surface area contributed by atoms with Crippen LogP contribution < -0.4 is 5.32 Å². The van der Waals surface area contributed by atoms with Crippen LogP contribution in [0.1, 0.15) is 0 Å². The third kappa shape index (κ3) is 2.40. The zero-order valence-electron chi connectivity index (χ0n) is 7.24. The van der Waals surface area contributed by atoms with Crippen LogP contribution >= 0.6 is 0 Å². The first-order chi connectivity index (χ1) is 6.65. The van der Waals surface area contributed by atoms with Crippen LogP contribution in [0.15, 0.2) is 18.2 Å². The van der Waals surface area contributed by atoms with E-state index in [4.69, 9.17) is 5.11 Å². The lowest BCUT2D eigenvalue weighted by Crippen LogP contribution is -2.07. The van der Waals surface area contributed by atoms with Gasteiger partial charge in [0.15, 0.2) is 5.82 Å². The molecule has 0 atom stereocenters. The Bertz CT molecular complexity index is 343. The molecule has 0 fully saturated rings. The van der Waals surface area contributed by atoms with Gasteiger partial charge in [0.25, 0.3) is 5.69 Å². The lowest BCUT2D eigenvalue weighted by Gasteiger charge is -2.04. The average molecular weight is 200 g/mol. The van der Waals surface area contributed by atoms with E-state index in [1.54, 1.807) is 0 Å². The Morgan fingerprint density at radius 2 is 2.29 bits per heavy atom. The standard InChI is InChI=1S/C8H9FN2O3/c9-7-5-6(11(13)14)1-2-8(7)10-3-4-12/h1-2,5,10,12H,3-4H2. The van der Waals surface area contributed by atoms with Crippen molar-refractivity contribution in [3.8, 4) is 0 Å².